The zero-order chi connectivity index (χ0) is 21.8. The van der Waals surface area contributed by atoms with E-state index in [1.165, 1.54) is 16.7 Å². The Hall–Kier alpha value is -1.90. The predicted octanol–water partition coefficient (Wildman–Crippen LogP) is 3.73. The average molecular weight is 428 g/mol. The van der Waals surface area contributed by atoms with E-state index in [-0.39, 0.29) is 13.0 Å². The molecule has 2 fully saturated rings. The molecule has 7 nitrogen and oxygen atoms in total. The second-order valence-corrected chi connectivity index (χ2v) is 9.33. The molecule has 1 aromatic rings. The molecule has 4 unspecified atom stereocenters. The summed E-state index contributed by atoms with van der Waals surface area (Å²) in [6.45, 7) is 3.67. The van der Waals surface area contributed by atoms with Gasteiger partial charge in [-0.1, -0.05) is 31.2 Å². The van der Waals surface area contributed by atoms with Gasteiger partial charge in [-0.25, -0.2) is 4.84 Å². The van der Waals surface area contributed by atoms with E-state index in [0.29, 0.717) is 11.8 Å². The molecule has 1 aromatic carbocycles. The third kappa shape index (κ3) is 3.06. The zero-order valence-electron chi connectivity index (χ0n) is 19.1. The summed E-state index contributed by atoms with van der Waals surface area (Å²) in [7, 11) is 7.79. The van der Waals surface area contributed by atoms with Crippen molar-refractivity contribution in [1.29, 1.82) is 0 Å². The first kappa shape index (κ1) is 21.0. The maximum absolute atomic E-state index is 6.10. The fourth-order valence-corrected chi connectivity index (χ4v) is 6.06. The van der Waals surface area contributed by atoms with E-state index in [2.05, 4.69) is 61.4 Å². The fourth-order valence-electron chi connectivity index (χ4n) is 6.06. The lowest BCUT2D eigenvalue weighted by Gasteiger charge is -2.56. The van der Waals surface area contributed by atoms with Crippen molar-refractivity contribution < 1.29 is 19.1 Å². The fraction of sp³-hybridized carbons (Fsp3) is 0.583. The Labute approximate surface area is 184 Å². The quantitative estimate of drug-likeness (QED) is 0.710. The van der Waals surface area contributed by atoms with Gasteiger partial charge in [0.1, 0.15) is 5.54 Å². The van der Waals surface area contributed by atoms with Crippen LogP contribution in [0.15, 0.2) is 41.9 Å². The van der Waals surface area contributed by atoms with Gasteiger partial charge in [0.15, 0.2) is 6.23 Å². The first-order valence-corrected chi connectivity index (χ1v) is 11.1. The third-order valence-corrected chi connectivity index (χ3v) is 7.36. The van der Waals surface area contributed by atoms with E-state index in [1.807, 2.05) is 5.06 Å². The van der Waals surface area contributed by atoms with Crippen LogP contribution < -0.4 is 0 Å². The van der Waals surface area contributed by atoms with Gasteiger partial charge >= 0.3 is 0 Å². The lowest BCUT2D eigenvalue weighted by atomic mass is 9.62. The minimum atomic E-state index is -0.433. The van der Waals surface area contributed by atoms with Crippen molar-refractivity contribution in [1.82, 2.24) is 15.0 Å². The second-order valence-electron chi connectivity index (χ2n) is 9.33. The molecule has 4 aliphatic rings. The Kier molecular flexibility index (Phi) is 5.35. The molecule has 7 heteroatoms. The molecule has 1 spiro atoms. The maximum Gasteiger partial charge on any atom is 0.221 e. The average Bonchev–Trinajstić information content (AvgIpc) is 3.24. The zero-order valence-corrected chi connectivity index (χ0v) is 19.1. The first-order chi connectivity index (χ1) is 15.0. The summed E-state index contributed by atoms with van der Waals surface area (Å²) in [5.74, 6) is 1.97. The number of hydroxylamine groups is 4. The number of methoxy groups -OCH3 is 1. The van der Waals surface area contributed by atoms with Gasteiger partial charge < -0.3 is 14.4 Å². The Balaban J connectivity index is 1.65. The van der Waals surface area contributed by atoms with E-state index < -0.39 is 5.54 Å². The van der Waals surface area contributed by atoms with E-state index in [4.69, 9.17) is 19.1 Å². The minimum Gasteiger partial charge on any atom is -0.448 e. The van der Waals surface area contributed by atoms with Crippen molar-refractivity contribution in [2.75, 3.05) is 41.7 Å². The summed E-state index contributed by atoms with van der Waals surface area (Å²) in [5.41, 5.74) is 4.30. The van der Waals surface area contributed by atoms with Crippen LogP contribution in [0.2, 0.25) is 0 Å². The molecule has 1 aliphatic carbocycles. The van der Waals surface area contributed by atoms with E-state index in [9.17, 15) is 0 Å². The molecule has 3 heterocycles. The van der Waals surface area contributed by atoms with Crippen molar-refractivity contribution in [2.24, 2.45) is 11.8 Å². The lowest BCUT2D eigenvalue weighted by Crippen LogP contribution is -2.59. The van der Waals surface area contributed by atoms with Gasteiger partial charge in [-0.05, 0) is 50.8 Å². The monoisotopic (exact) mass is 427 g/mol. The lowest BCUT2D eigenvalue weighted by molar-refractivity contribution is -0.275. The van der Waals surface area contributed by atoms with Crippen LogP contribution in [0.3, 0.4) is 0 Å². The number of benzene rings is 1. The normalized spacial score (nSPS) is 30.9. The van der Waals surface area contributed by atoms with Crippen LogP contribution in [-0.4, -0.2) is 62.2 Å². The van der Waals surface area contributed by atoms with Gasteiger partial charge in [-0.15, -0.1) is 5.06 Å². The van der Waals surface area contributed by atoms with E-state index in [0.717, 1.165) is 37.3 Å². The predicted molar refractivity (Wildman–Crippen MR) is 117 cm³/mol. The maximum atomic E-state index is 6.10. The molecule has 4 atom stereocenters. The highest BCUT2D eigenvalue weighted by Gasteiger charge is 2.59. The highest BCUT2D eigenvalue weighted by atomic mass is 16.8. The molecule has 1 saturated carbocycles. The summed E-state index contributed by atoms with van der Waals surface area (Å²) in [6.07, 6.45) is 4.80. The largest absolute Gasteiger partial charge is 0.448 e. The number of hydrogen-bond acceptors (Lipinski definition) is 7. The second kappa shape index (κ2) is 7.90. The molecule has 5 rings (SSSR count). The van der Waals surface area contributed by atoms with Crippen molar-refractivity contribution in [3.8, 4) is 0 Å². The smallest absolute Gasteiger partial charge is 0.221 e. The molecule has 0 aromatic heterocycles. The first-order valence-electron chi connectivity index (χ1n) is 11.1. The Bertz CT molecular complexity index is 914. The standard InChI is InChI=1S/C24H33N3O4/c1-16(13-25(2)3)17-10-11-24-20(12-17)23-26(31-15-30-23)14-21(24)18-8-6-7-9-19(18)22(28-4)27(24)29-5/h6-9,14,16-17,22H,10-13,15H2,1-5H3. The van der Waals surface area contributed by atoms with E-state index >= 15 is 0 Å². The number of rotatable bonds is 5. The van der Waals surface area contributed by atoms with Crippen LogP contribution in [0.4, 0.5) is 0 Å². The molecule has 31 heavy (non-hydrogen) atoms. The Morgan fingerprint density at radius 1 is 1.26 bits per heavy atom. The number of fused-ring (bicyclic) bond motifs is 3. The van der Waals surface area contributed by atoms with Crippen LogP contribution in [0, 0.1) is 11.8 Å². The molecule has 168 valence electrons. The number of nitrogens with zero attached hydrogens (tertiary/aromatic N) is 3. The highest BCUT2D eigenvalue weighted by Crippen LogP contribution is 2.59. The Morgan fingerprint density at radius 3 is 2.81 bits per heavy atom. The molecule has 0 N–H and O–H groups in total. The van der Waals surface area contributed by atoms with Crippen LogP contribution in [0.25, 0.3) is 5.57 Å². The van der Waals surface area contributed by atoms with Crippen molar-refractivity contribution in [2.45, 2.75) is 38.0 Å². The number of ether oxygens (including phenoxy) is 2. The summed E-state index contributed by atoms with van der Waals surface area (Å²) < 4.78 is 12.0. The van der Waals surface area contributed by atoms with Gasteiger partial charge in [0.05, 0.1) is 7.11 Å². The summed E-state index contributed by atoms with van der Waals surface area (Å²) >= 11 is 0. The molecule has 0 radical (unpaired) electrons. The summed E-state index contributed by atoms with van der Waals surface area (Å²) in [5, 5.41) is 3.87. The molecule has 0 amide bonds. The summed E-state index contributed by atoms with van der Waals surface area (Å²) in [4.78, 5) is 14.2. The van der Waals surface area contributed by atoms with Gasteiger partial charge in [0, 0.05) is 36.6 Å². The SMILES string of the molecule is COC1c2ccccc2C2=CN3OCOC3=C3CC(C(C)CN(C)C)CCC23N1OC. The molecule has 3 aliphatic heterocycles. The van der Waals surface area contributed by atoms with Crippen molar-refractivity contribution in [3.63, 3.8) is 0 Å². The number of hydrogen-bond donors (Lipinski definition) is 0. The van der Waals surface area contributed by atoms with Crippen molar-refractivity contribution in [3.05, 3.63) is 53.0 Å². The van der Waals surface area contributed by atoms with Crippen LogP contribution in [0.5, 0.6) is 0 Å². The van der Waals surface area contributed by atoms with Gasteiger partial charge in [0.2, 0.25) is 12.7 Å². The molecular formula is C24H33N3O4. The minimum absolute atomic E-state index is 0.235. The Morgan fingerprint density at radius 2 is 2.06 bits per heavy atom. The summed E-state index contributed by atoms with van der Waals surface area (Å²) in [6, 6.07) is 8.45. The van der Waals surface area contributed by atoms with Gasteiger partial charge in [-0.2, -0.15) is 5.06 Å². The van der Waals surface area contributed by atoms with Crippen LogP contribution >= 0.6 is 0 Å². The molecule has 0 bridgehead atoms. The molecule has 1 saturated heterocycles. The van der Waals surface area contributed by atoms with Crippen molar-refractivity contribution >= 4 is 5.57 Å². The topological polar surface area (TPSA) is 46.6 Å². The van der Waals surface area contributed by atoms with E-state index in [1.54, 1.807) is 14.2 Å². The van der Waals surface area contributed by atoms with Crippen LogP contribution in [-0.2, 0) is 19.1 Å². The third-order valence-electron chi connectivity index (χ3n) is 7.36. The van der Waals surface area contributed by atoms with Gasteiger partial charge in [0.25, 0.3) is 0 Å². The van der Waals surface area contributed by atoms with Crippen LogP contribution in [0.1, 0.15) is 43.5 Å². The highest BCUT2D eigenvalue weighted by molar-refractivity contribution is 5.82. The van der Waals surface area contributed by atoms with Gasteiger partial charge in [-0.3, -0.25) is 4.84 Å². The molecular weight excluding hydrogens is 394 g/mol.